The van der Waals surface area contributed by atoms with Gasteiger partial charge < -0.3 is 24.2 Å². The Morgan fingerprint density at radius 2 is 0.757 bits per heavy atom. The van der Waals surface area contributed by atoms with Crippen molar-refractivity contribution in [1.29, 1.82) is 0 Å². The van der Waals surface area contributed by atoms with E-state index in [0.717, 1.165) is 122 Å². The summed E-state index contributed by atoms with van der Waals surface area (Å²) in [4.78, 5) is 48.4. The average Bonchev–Trinajstić information content (AvgIpc) is 3.35. The molecule has 0 aromatic heterocycles. The number of hydrogen-bond acceptors (Lipinski definition) is 10. The third-order valence-electron chi connectivity index (χ3n) is 11.6. The highest BCUT2D eigenvalue weighted by atomic mass is 31.2. The first kappa shape index (κ1) is 66.9. The highest BCUT2D eigenvalue weighted by Gasteiger charge is 2.28. The number of allylic oxidation sites excluding steroid dienone is 12. The Morgan fingerprint density at radius 1 is 0.414 bits per heavy atom. The Labute approximate surface area is 427 Å². The summed E-state index contributed by atoms with van der Waals surface area (Å²) in [6.45, 7) is 4.43. The van der Waals surface area contributed by atoms with Gasteiger partial charge in [0, 0.05) is 19.3 Å². The summed E-state index contributed by atoms with van der Waals surface area (Å²) < 4.78 is 39.4. The van der Waals surface area contributed by atoms with Gasteiger partial charge in [0.1, 0.15) is 12.7 Å². The van der Waals surface area contributed by atoms with Crippen molar-refractivity contribution in [1.82, 2.24) is 0 Å². The zero-order valence-corrected chi connectivity index (χ0v) is 45.4. The highest BCUT2D eigenvalue weighted by Crippen LogP contribution is 2.43. The molecule has 0 saturated carbocycles. The normalized spacial score (nSPS) is 14.0. The lowest BCUT2D eigenvalue weighted by Crippen LogP contribution is -2.30. The number of carbonyl (C=O) groups is 3. The summed E-state index contributed by atoms with van der Waals surface area (Å²) in [5, 5.41) is 9.78. The zero-order valence-electron chi connectivity index (χ0n) is 44.5. The van der Waals surface area contributed by atoms with E-state index in [1.807, 2.05) is 0 Å². The Hall–Kier alpha value is -3.08. The number of phosphoric acid groups is 1. The molecule has 0 amide bonds. The van der Waals surface area contributed by atoms with Crippen LogP contribution >= 0.6 is 7.82 Å². The molecule has 0 spiro atoms. The van der Waals surface area contributed by atoms with Gasteiger partial charge in [0.05, 0.1) is 19.8 Å². The van der Waals surface area contributed by atoms with E-state index >= 15 is 0 Å². The van der Waals surface area contributed by atoms with Gasteiger partial charge >= 0.3 is 25.7 Å². The maximum atomic E-state index is 12.9. The molecule has 0 aliphatic heterocycles. The minimum atomic E-state index is -4.75. The summed E-state index contributed by atoms with van der Waals surface area (Å²) in [7, 11) is -4.75. The van der Waals surface area contributed by atoms with Gasteiger partial charge in [0.15, 0.2) is 6.10 Å². The molecule has 3 atom stereocenters. The van der Waals surface area contributed by atoms with Crippen molar-refractivity contribution in [3.63, 3.8) is 0 Å². The molecule has 0 radical (unpaired) electrons. The molecule has 70 heavy (non-hydrogen) atoms. The number of rotatable bonds is 51. The van der Waals surface area contributed by atoms with E-state index in [1.54, 1.807) is 0 Å². The van der Waals surface area contributed by atoms with Gasteiger partial charge in [-0.1, -0.05) is 190 Å². The molecule has 0 aromatic rings. The topological polar surface area (TPSA) is 155 Å². The molecule has 0 heterocycles. The maximum absolute atomic E-state index is 12.9. The van der Waals surface area contributed by atoms with Crippen molar-refractivity contribution < 1.29 is 52.2 Å². The standard InChI is InChI=1S/C58H101O11P/c1-4-7-10-13-16-19-22-24-26-27-29-30-33-35-38-41-44-47-56(60)65-51-55(69-58(62)49-46-43-40-37-34-31-28-25-23-20-17-14-11-8-5-2)53-67-70(63,64)66-52-54(50-59)68-57(61)48-45-42-39-36-32-21-18-15-12-9-6-3/h8,11,15-20,24-26,28,54-55,59H,4-7,9-10,12-14,21-23,27,29-53H2,1-3H3,(H,63,64)/b11-8-,18-15-,19-16-,20-17-,26-24-,28-25-. The van der Waals surface area contributed by atoms with Gasteiger partial charge in [0.2, 0.25) is 0 Å². The number of esters is 3. The van der Waals surface area contributed by atoms with Gasteiger partial charge in [-0.25, -0.2) is 4.57 Å². The van der Waals surface area contributed by atoms with Crippen molar-refractivity contribution in [3.05, 3.63) is 72.9 Å². The fraction of sp³-hybridized carbons (Fsp3) is 0.741. The number of hydrogen-bond donors (Lipinski definition) is 2. The fourth-order valence-electron chi connectivity index (χ4n) is 7.32. The molecule has 0 fully saturated rings. The number of carbonyl (C=O) groups excluding carboxylic acids is 3. The van der Waals surface area contributed by atoms with Gasteiger partial charge in [-0.2, -0.15) is 0 Å². The Morgan fingerprint density at radius 3 is 1.20 bits per heavy atom. The van der Waals surface area contributed by atoms with E-state index in [9.17, 15) is 28.9 Å². The molecule has 2 N–H and O–H groups in total. The summed E-state index contributed by atoms with van der Waals surface area (Å²) in [5.41, 5.74) is 0. The molecule has 11 nitrogen and oxygen atoms in total. The van der Waals surface area contributed by atoms with Crippen LogP contribution in [0.25, 0.3) is 0 Å². The Balaban J connectivity index is 4.77. The molecule has 0 bridgehead atoms. The van der Waals surface area contributed by atoms with E-state index in [0.29, 0.717) is 19.3 Å². The van der Waals surface area contributed by atoms with Gasteiger partial charge in [0.25, 0.3) is 0 Å². The smallest absolute Gasteiger partial charge is 0.462 e. The molecule has 12 heteroatoms. The van der Waals surface area contributed by atoms with Crippen LogP contribution in [0, 0.1) is 0 Å². The SMILES string of the molecule is CC/C=C\C/C=C\C/C=C\CCCCCCCC(=O)OC(COC(=O)CCCCCCCCC/C=C\C/C=C\CCCCC)COP(=O)(O)OCC(CO)OC(=O)CCCCCCC/C=C\CCCC. The molecular weight excluding hydrogens is 904 g/mol. The second-order valence-corrected chi connectivity index (χ2v) is 19.8. The molecule has 404 valence electrons. The van der Waals surface area contributed by atoms with Crippen LogP contribution in [0.5, 0.6) is 0 Å². The zero-order chi connectivity index (χ0) is 51.3. The first-order chi connectivity index (χ1) is 34.2. The third-order valence-corrected chi connectivity index (χ3v) is 12.5. The largest absolute Gasteiger partial charge is 0.472 e. The molecule has 0 rings (SSSR count). The maximum Gasteiger partial charge on any atom is 0.472 e. The first-order valence-electron chi connectivity index (χ1n) is 27.8. The van der Waals surface area contributed by atoms with Crippen molar-refractivity contribution >= 4 is 25.7 Å². The van der Waals surface area contributed by atoms with Gasteiger partial charge in [-0.15, -0.1) is 0 Å². The number of unbranched alkanes of at least 4 members (excludes halogenated alkanes) is 22. The van der Waals surface area contributed by atoms with E-state index in [2.05, 4.69) is 93.7 Å². The minimum absolute atomic E-state index is 0.144. The predicted octanol–water partition coefficient (Wildman–Crippen LogP) is 16.1. The van der Waals surface area contributed by atoms with Crippen molar-refractivity contribution in [2.45, 2.75) is 251 Å². The van der Waals surface area contributed by atoms with Crippen molar-refractivity contribution in [2.75, 3.05) is 26.4 Å². The van der Waals surface area contributed by atoms with E-state index in [4.69, 9.17) is 23.3 Å². The first-order valence-corrected chi connectivity index (χ1v) is 29.3. The predicted molar refractivity (Wildman–Crippen MR) is 288 cm³/mol. The Bertz CT molecular complexity index is 1450. The van der Waals surface area contributed by atoms with Crippen molar-refractivity contribution in [3.8, 4) is 0 Å². The number of ether oxygens (including phenoxy) is 3. The lowest BCUT2D eigenvalue weighted by Gasteiger charge is -2.21. The number of aliphatic hydroxyl groups is 1. The van der Waals surface area contributed by atoms with E-state index in [-0.39, 0.29) is 25.9 Å². The summed E-state index contributed by atoms with van der Waals surface area (Å²) in [6.07, 6.45) is 57.2. The van der Waals surface area contributed by atoms with Crippen LogP contribution in [0.3, 0.4) is 0 Å². The molecule has 0 aliphatic carbocycles. The van der Waals surface area contributed by atoms with Crippen LogP contribution in [-0.4, -0.2) is 66.5 Å². The van der Waals surface area contributed by atoms with Crippen molar-refractivity contribution in [2.24, 2.45) is 0 Å². The fourth-order valence-corrected chi connectivity index (χ4v) is 8.11. The second kappa shape index (κ2) is 52.2. The minimum Gasteiger partial charge on any atom is -0.462 e. The number of phosphoric ester groups is 1. The van der Waals surface area contributed by atoms with Crippen LogP contribution in [0.2, 0.25) is 0 Å². The lowest BCUT2D eigenvalue weighted by atomic mass is 10.1. The number of aliphatic hydroxyl groups excluding tert-OH is 1. The van der Waals surface area contributed by atoms with Crippen LogP contribution in [0.1, 0.15) is 239 Å². The second-order valence-electron chi connectivity index (χ2n) is 18.4. The van der Waals surface area contributed by atoms with Crippen LogP contribution in [-0.2, 0) is 42.2 Å². The molecule has 0 saturated heterocycles. The summed E-state index contributed by atoms with van der Waals surface area (Å²) in [6, 6.07) is 0. The lowest BCUT2D eigenvalue weighted by molar-refractivity contribution is -0.161. The van der Waals surface area contributed by atoms with Crippen LogP contribution in [0.4, 0.5) is 0 Å². The highest BCUT2D eigenvalue weighted by molar-refractivity contribution is 7.47. The summed E-state index contributed by atoms with van der Waals surface area (Å²) >= 11 is 0. The van der Waals surface area contributed by atoms with Gasteiger partial charge in [-0.3, -0.25) is 23.4 Å². The Kier molecular flexibility index (Phi) is 50.0. The molecular formula is C58H101O11P. The monoisotopic (exact) mass is 1000 g/mol. The van der Waals surface area contributed by atoms with E-state index in [1.165, 1.54) is 57.8 Å². The molecule has 3 unspecified atom stereocenters. The average molecular weight is 1010 g/mol. The van der Waals surface area contributed by atoms with Crippen LogP contribution in [0.15, 0.2) is 72.9 Å². The third kappa shape index (κ3) is 49.9. The summed E-state index contributed by atoms with van der Waals surface area (Å²) in [5.74, 6) is -1.50. The van der Waals surface area contributed by atoms with Gasteiger partial charge in [-0.05, 0) is 103 Å². The van der Waals surface area contributed by atoms with Crippen LogP contribution < -0.4 is 0 Å². The molecule has 0 aromatic carbocycles. The van der Waals surface area contributed by atoms with E-state index < -0.39 is 57.8 Å². The quantitative estimate of drug-likeness (QED) is 0.0197. The molecule has 0 aliphatic rings.